The number of amides is 1. The van der Waals surface area contributed by atoms with Crippen LogP contribution in [0.3, 0.4) is 0 Å². The molecule has 140 valence electrons. The van der Waals surface area contributed by atoms with E-state index in [9.17, 15) is 4.79 Å². The molecule has 8 nitrogen and oxygen atoms in total. The highest BCUT2D eigenvalue weighted by Crippen LogP contribution is 2.30. The molecule has 1 saturated heterocycles. The third-order valence-corrected chi connectivity index (χ3v) is 4.55. The Labute approximate surface area is 156 Å². The van der Waals surface area contributed by atoms with Gasteiger partial charge in [0.1, 0.15) is 17.5 Å². The molecular formula is C19H21N5O3. The Morgan fingerprint density at radius 1 is 1.33 bits per heavy atom. The lowest BCUT2D eigenvalue weighted by atomic mass is 10.2. The second-order valence-electron chi connectivity index (χ2n) is 6.48. The maximum Gasteiger partial charge on any atom is 0.274 e. The van der Waals surface area contributed by atoms with Crippen LogP contribution in [0.2, 0.25) is 0 Å². The van der Waals surface area contributed by atoms with Crippen molar-refractivity contribution in [1.82, 2.24) is 24.8 Å². The number of carbonyl (C=O) groups excluding carboxylic acids is 1. The van der Waals surface area contributed by atoms with Crippen molar-refractivity contribution >= 4 is 5.91 Å². The molecule has 8 heteroatoms. The quantitative estimate of drug-likeness (QED) is 0.689. The second kappa shape index (κ2) is 7.22. The molecule has 0 saturated carbocycles. The maximum absolute atomic E-state index is 12.6. The summed E-state index contributed by atoms with van der Waals surface area (Å²) < 4.78 is 13.2. The van der Waals surface area contributed by atoms with Crippen molar-refractivity contribution in [2.24, 2.45) is 0 Å². The number of ether oxygens (including phenoxy) is 1. The molecule has 1 atom stereocenters. The number of carbonyl (C=O) groups is 1. The summed E-state index contributed by atoms with van der Waals surface area (Å²) in [7, 11) is 0. The fourth-order valence-corrected chi connectivity index (χ4v) is 3.15. The molecule has 0 bridgehead atoms. The van der Waals surface area contributed by atoms with E-state index in [1.807, 2.05) is 37.4 Å². The first-order chi connectivity index (χ1) is 13.1. The highest BCUT2D eigenvalue weighted by molar-refractivity contribution is 5.92. The lowest BCUT2D eigenvalue weighted by Gasteiger charge is -2.17. The molecule has 0 spiro atoms. The summed E-state index contributed by atoms with van der Waals surface area (Å²) in [6.07, 6.45) is 2.49. The predicted octanol–water partition coefficient (Wildman–Crippen LogP) is 2.55. The van der Waals surface area contributed by atoms with Crippen LogP contribution in [0.5, 0.6) is 5.75 Å². The van der Waals surface area contributed by atoms with Crippen molar-refractivity contribution in [2.75, 3.05) is 13.1 Å². The van der Waals surface area contributed by atoms with E-state index in [1.54, 1.807) is 22.6 Å². The molecule has 4 rings (SSSR count). The predicted molar refractivity (Wildman–Crippen MR) is 97.3 cm³/mol. The van der Waals surface area contributed by atoms with E-state index in [0.717, 1.165) is 18.5 Å². The Morgan fingerprint density at radius 2 is 2.19 bits per heavy atom. The Hall–Kier alpha value is -3.16. The summed E-state index contributed by atoms with van der Waals surface area (Å²) in [5.41, 5.74) is 1.23. The van der Waals surface area contributed by atoms with Crippen LogP contribution in [0.4, 0.5) is 0 Å². The SMILES string of the molecule is CCn1ccc(C(=O)N2CCC(Oc3ccccc3-c3nc(C)no3)C2)n1. The fraction of sp³-hybridized carbons (Fsp3) is 0.368. The van der Waals surface area contributed by atoms with Gasteiger partial charge in [-0.05, 0) is 32.0 Å². The van der Waals surface area contributed by atoms with Gasteiger partial charge in [-0.3, -0.25) is 9.48 Å². The first kappa shape index (κ1) is 17.3. The van der Waals surface area contributed by atoms with Crippen molar-refractivity contribution in [3.05, 3.63) is 48.0 Å². The molecule has 27 heavy (non-hydrogen) atoms. The fourth-order valence-electron chi connectivity index (χ4n) is 3.15. The lowest BCUT2D eigenvalue weighted by molar-refractivity contribution is 0.0766. The van der Waals surface area contributed by atoms with Gasteiger partial charge in [-0.1, -0.05) is 17.3 Å². The molecule has 3 aromatic rings. The van der Waals surface area contributed by atoms with Gasteiger partial charge in [0, 0.05) is 25.7 Å². The molecular weight excluding hydrogens is 346 g/mol. The van der Waals surface area contributed by atoms with Crippen molar-refractivity contribution in [3.63, 3.8) is 0 Å². The summed E-state index contributed by atoms with van der Waals surface area (Å²) in [5.74, 6) is 1.62. The lowest BCUT2D eigenvalue weighted by Crippen LogP contribution is -2.31. The van der Waals surface area contributed by atoms with E-state index in [1.165, 1.54) is 0 Å². The summed E-state index contributed by atoms with van der Waals surface area (Å²) >= 11 is 0. The average Bonchev–Trinajstić information content (AvgIpc) is 3.42. The number of benzene rings is 1. The summed E-state index contributed by atoms with van der Waals surface area (Å²) in [6, 6.07) is 9.32. The van der Waals surface area contributed by atoms with Crippen LogP contribution in [0.25, 0.3) is 11.5 Å². The maximum atomic E-state index is 12.6. The third-order valence-electron chi connectivity index (χ3n) is 4.55. The first-order valence-electron chi connectivity index (χ1n) is 9.03. The van der Waals surface area contributed by atoms with Crippen LogP contribution in [-0.2, 0) is 6.54 Å². The number of nitrogens with zero attached hydrogens (tertiary/aromatic N) is 5. The van der Waals surface area contributed by atoms with Crippen LogP contribution in [0.15, 0.2) is 41.1 Å². The van der Waals surface area contributed by atoms with Crippen LogP contribution in [0.1, 0.15) is 29.7 Å². The number of hydrogen-bond donors (Lipinski definition) is 0. The Morgan fingerprint density at radius 3 is 2.93 bits per heavy atom. The molecule has 1 aromatic carbocycles. The van der Waals surface area contributed by atoms with E-state index in [-0.39, 0.29) is 12.0 Å². The number of hydrogen-bond acceptors (Lipinski definition) is 6. The summed E-state index contributed by atoms with van der Waals surface area (Å²) in [5, 5.41) is 8.14. The number of rotatable bonds is 5. The van der Waals surface area contributed by atoms with Gasteiger partial charge < -0.3 is 14.2 Å². The van der Waals surface area contributed by atoms with E-state index >= 15 is 0 Å². The number of aryl methyl sites for hydroxylation is 2. The zero-order valence-electron chi connectivity index (χ0n) is 15.3. The van der Waals surface area contributed by atoms with Gasteiger partial charge in [-0.25, -0.2) is 0 Å². The van der Waals surface area contributed by atoms with Gasteiger partial charge >= 0.3 is 0 Å². The zero-order chi connectivity index (χ0) is 18.8. The van der Waals surface area contributed by atoms with E-state index in [2.05, 4.69) is 15.2 Å². The highest BCUT2D eigenvalue weighted by atomic mass is 16.5. The van der Waals surface area contributed by atoms with Crippen LogP contribution < -0.4 is 4.74 Å². The molecule has 1 unspecified atom stereocenters. The molecule has 1 amide bonds. The van der Waals surface area contributed by atoms with E-state index in [0.29, 0.717) is 36.2 Å². The molecule has 0 radical (unpaired) electrons. The van der Waals surface area contributed by atoms with Gasteiger partial charge in [-0.15, -0.1) is 0 Å². The van der Waals surface area contributed by atoms with Crippen LogP contribution in [0, 0.1) is 6.92 Å². The summed E-state index contributed by atoms with van der Waals surface area (Å²) in [6.45, 7) is 5.67. The Balaban J connectivity index is 1.45. The third kappa shape index (κ3) is 3.55. The smallest absolute Gasteiger partial charge is 0.274 e. The van der Waals surface area contributed by atoms with Crippen LogP contribution in [-0.4, -0.2) is 49.9 Å². The first-order valence-corrected chi connectivity index (χ1v) is 9.03. The minimum Gasteiger partial charge on any atom is -0.488 e. The number of para-hydroxylation sites is 1. The van der Waals surface area contributed by atoms with Gasteiger partial charge in [0.15, 0.2) is 5.82 Å². The largest absolute Gasteiger partial charge is 0.488 e. The standard InChI is InChI=1S/C19H21N5O3/c1-3-24-11-9-16(21-24)19(25)23-10-8-14(12-23)26-17-7-5-4-6-15(17)18-20-13(2)22-27-18/h4-7,9,11,14H,3,8,10,12H2,1-2H3. The molecule has 1 aliphatic heterocycles. The Kier molecular flexibility index (Phi) is 4.62. The molecule has 1 fully saturated rings. The topological polar surface area (TPSA) is 86.3 Å². The minimum atomic E-state index is -0.0904. The molecule has 2 aromatic heterocycles. The normalized spacial score (nSPS) is 16.7. The number of aromatic nitrogens is 4. The van der Waals surface area contributed by atoms with Crippen LogP contribution >= 0.6 is 0 Å². The van der Waals surface area contributed by atoms with Crippen molar-refractivity contribution in [2.45, 2.75) is 32.9 Å². The average molecular weight is 367 g/mol. The van der Waals surface area contributed by atoms with Crippen molar-refractivity contribution < 1.29 is 14.1 Å². The van der Waals surface area contributed by atoms with Crippen molar-refractivity contribution in [3.8, 4) is 17.2 Å². The molecule has 0 N–H and O–H groups in total. The Bertz CT molecular complexity index is 948. The molecule has 1 aliphatic rings. The zero-order valence-corrected chi connectivity index (χ0v) is 15.3. The number of likely N-dealkylation sites (tertiary alicyclic amines) is 1. The van der Waals surface area contributed by atoms with Gasteiger partial charge in [0.2, 0.25) is 0 Å². The highest BCUT2D eigenvalue weighted by Gasteiger charge is 2.30. The van der Waals surface area contributed by atoms with Crippen molar-refractivity contribution in [1.29, 1.82) is 0 Å². The van der Waals surface area contributed by atoms with Gasteiger partial charge in [-0.2, -0.15) is 10.1 Å². The van der Waals surface area contributed by atoms with Gasteiger partial charge in [0.05, 0.1) is 12.1 Å². The molecule has 3 heterocycles. The molecule has 0 aliphatic carbocycles. The van der Waals surface area contributed by atoms with E-state index < -0.39 is 0 Å². The minimum absolute atomic E-state index is 0.0610. The second-order valence-corrected chi connectivity index (χ2v) is 6.48. The summed E-state index contributed by atoms with van der Waals surface area (Å²) in [4.78, 5) is 18.7. The van der Waals surface area contributed by atoms with Gasteiger partial charge in [0.25, 0.3) is 11.8 Å². The van der Waals surface area contributed by atoms with E-state index in [4.69, 9.17) is 9.26 Å². The monoisotopic (exact) mass is 367 g/mol.